The molecule has 0 aromatic carbocycles. The molecule has 1 saturated heterocycles. The molecule has 0 amide bonds. The van der Waals surface area contributed by atoms with Crippen molar-refractivity contribution in [2.45, 2.75) is 13.0 Å². The number of morpholine rings is 1. The summed E-state index contributed by atoms with van der Waals surface area (Å²) in [5, 5.41) is 12.5. The van der Waals surface area contributed by atoms with Crippen molar-refractivity contribution < 1.29 is 4.74 Å². The van der Waals surface area contributed by atoms with Gasteiger partial charge in [-0.15, -0.1) is 0 Å². The van der Waals surface area contributed by atoms with Gasteiger partial charge >= 0.3 is 0 Å². The van der Waals surface area contributed by atoms with E-state index in [4.69, 9.17) is 9.72 Å². The maximum atomic E-state index is 5.61. The zero-order valence-electron chi connectivity index (χ0n) is 15.8. The molecule has 8 heteroatoms. The predicted molar refractivity (Wildman–Crippen MR) is 107 cm³/mol. The van der Waals surface area contributed by atoms with Gasteiger partial charge in [0.2, 0.25) is 0 Å². The van der Waals surface area contributed by atoms with Crippen molar-refractivity contribution in [2.24, 2.45) is 7.05 Å². The summed E-state index contributed by atoms with van der Waals surface area (Å²) in [5.74, 6) is 0.927. The first-order chi connectivity index (χ1) is 13.7. The normalized spacial score (nSPS) is 17.4. The van der Waals surface area contributed by atoms with Crippen LogP contribution in [0.5, 0.6) is 0 Å². The number of rotatable bonds is 3. The molecule has 1 fully saturated rings. The standard InChI is InChI=1S/C20H21N7O/c1-13-12-28-8-7-27(13)18-9-16(14-10-23-26(2)11-14)15-3-5-21-20(19(15)24-18)17-4-6-22-25-17/h3-6,9-11,13H,7-8,12H2,1-2H3,(H,22,25)/t13-/m1/s1. The molecule has 8 nitrogen and oxygen atoms in total. The molecule has 28 heavy (non-hydrogen) atoms. The largest absolute Gasteiger partial charge is 0.377 e. The summed E-state index contributed by atoms with van der Waals surface area (Å²) < 4.78 is 7.43. The average Bonchev–Trinajstić information content (AvgIpc) is 3.39. The smallest absolute Gasteiger partial charge is 0.130 e. The van der Waals surface area contributed by atoms with Crippen molar-refractivity contribution in [3.05, 3.63) is 43.0 Å². The van der Waals surface area contributed by atoms with E-state index in [2.05, 4.69) is 38.2 Å². The summed E-state index contributed by atoms with van der Waals surface area (Å²) in [4.78, 5) is 11.9. The number of anilines is 1. The molecule has 0 spiro atoms. The molecule has 4 aromatic rings. The third-order valence-electron chi connectivity index (χ3n) is 5.15. The number of nitrogens with zero attached hydrogens (tertiary/aromatic N) is 6. The van der Waals surface area contributed by atoms with Crippen molar-refractivity contribution in [3.8, 4) is 22.5 Å². The predicted octanol–water partition coefficient (Wildman–Crippen LogP) is 2.65. The first-order valence-corrected chi connectivity index (χ1v) is 9.33. The van der Waals surface area contributed by atoms with Crippen molar-refractivity contribution in [3.63, 3.8) is 0 Å². The Hall–Kier alpha value is -3.26. The van der Waals surface area contributed by atoms with E-state index < -0.39 is 0 Å². The number of aryl methyl sites for hydroxylation is 1. The number of aromatic nitrogens is 6. The second kappa shape index (κ2) is 6.72. The van der Waals surface area contributed by atoms with Gasteiger partial charge in [0.15, 0.2) is 0 Å². The van der Waals surface area contributed by atoms with E-state index in [9.17, 15) is 0 Å². The number of ether oxygens (including phenoxy) is 1. The van der Waals surface area contributed by atoms with E-state index in [0.717, 1.165) is 45.8 Å². The lowest BCUT2D eigenvalue weighted by molar-refractivity contribution is 0.0986. The second-order valence-corrected chi connectivity index (χ2v) is 7.07. The molecule has 1 N–H and O–H groups in total. The molecule has 142 valence electrons. The van der Waals surface area contributed by atoms with Gasteiger partial charge in [0.1, 0.15) is 17.0 Å². The van der Waals surface area contributed by atoms with Gasteiger partial charge < -0.3 is 9.64 Å². The van der Waals surface area contributed by atoms with E-state index in [-0.39, 0.29) is 6.04 Å². The minimum absolute atomic E-state index is 0.257. The Labute approximate surface area is 162 Å². The van der Waals surface area contributed by atoms with E-state index in [1.165, 1.54) is 0 Å². The highest BCUT2D eigenvalue weighted by atomic mass is 16.5. The molecule has 0 aliphatic carbocycles. The van der Waals surface area contributed by atoms with Gasteiger partial charge in [-0.2, -0.15) is 10.2 Å². The van der Waals surface area contributed by atoms with Crippen LogP contribution >= 0.6 is 0 Å². The van der Waals surface area contributed by atoms with Crippen molar-refractivity contribution >= 4 is 16.7 Å². The van der Waals surface area contributed by atoms with Gasteiger partial charge in [0.25, 0.3) is 0 Å². The lowest BCUT2D eigenvalue weighted by Crippen LogP contribution is -2.44. The topological polar surface area (TPSA) is 84.8 Å². The fourth-order valence-electron chi connectivity index (χ4n) is 3.74. The number of H-pyrrole nitrogens is 1. The van der Waals surface area contributed by atoms with Crippen LogP contribution in [0.25, 0.3) is 33.4 Å². The Morgan fingerprint density at radius 2 is 2.18 bits per heavy atom. The molecule has 0 saturated carbocycles. The molecule has 1 atom stereocenters. The molecule has 1 aliphatic rings. The van der Waals surface area contributed by atoms with Crippen molar-refractivity contribution in [1.29, 1.82) is 0 Å². The molecule has 4 aromatic heterocycles. The lowest BCUT2D eigenvalue weighted by Gasteiger charge is -2.34. The number of pyridine rings is 2. The van der Waals surface area contributed by atoms with Crippen LogP contribution in [0.15, 0.2) is 43.0 Å². The Morgan fingerprint density at radius 1 is 1.25 bits per heavy atom. The maximum Gasteiger partial charge on any atom is 0.130 e. The lowest BCUT2D eigenvalue weighted by atomic mass is 10.0. The second-order valence-electron chi connectivity index (χ2n) is 7.07. The summed E-state index contributed by atoms with van der Waals surface area (Å²) in [5.41, 5.74) is 4.64. The molecule has 0 radical (unpaired) electrons. The first-order valence-electron chi connectivity index (χ1n) is 9.33. The van der Waals surface area contributed by atoms with Crippen LogP contribution in [0, 0.1) is 0 Å². The summed E-state index contributed by atoms with van der Waals surface area (Å²) >= 11 is 0. The highest BCUT2D eigenvalue weighted by Gasteiger charge is 2.23. The zero-order valence-corrected chi connectivity index (χ0v) is 15.8. The van der Waals surface area contributed by atoms with Crippen molar-refractivity contribution in [2.75, 3.05) is 24.7 Å². The quantitative estimate of drug-likeness (QED) is 0.593. The van der Waals surface area contributed by atoms with E-state index in [1.807, 2.05) is 42.5 Å². The van der Waals surface area contributed by atoms with Crippen LogP contribution in [0.3, 0.4) is 0 Å². The van der Waals surface area contributed by atoms with Crippen LogP contribution in [0.4, 0.5) is 5.82 Å². The molecule has 5 heterocycles. The minimum Gasteiger partial charge on any atom is -0.377 e. The van der Waals surface area contributed by atoms with Crippen LogP contribution in [-0.4, -0.2) is 55.7 Å². The zero-order chi connectivity index (χ0) is 19.1. The molecular formula is C20H21N7O. The highest BCUT2D eigenvalue weighted by molar-refractivity contribution is 6.01. The minimum atomic E-state index is 0.257. The Balaban J connectivity index is 1.78. The summed E-state index contributed by atoms with van der Waals surface area (Å²) in [6.07, 6.45) is 7.46. The van der Waals surface area contributed by atoms with E-state index >= 15 is 0 Å². The van der Waals surface area contributed by atoms with Gasteiger partial charge in [0, 0.05) is 43.1 Å². The SMILES string of the molecule is C[C@@H]1COCCN1c1cc(-c2cnn(C)c2)c2ccnc(-c3ccn[nH]3)c2n1. The van der Waals surface area contributed by atoms with Crippen LogP contribution in [0.1, 0.15) is 6.92 Å². The summed E-state index contributed by atoms with van der Waals surface area (Å²) in [6.45, 7) is 4.37. The molecule has 5 rings (SSSR count). The number of fused-ring (bicyclic) bond motifs is 1. The number of nitrogens with one attached hydrogen (secondary N) is 1. The van der Waals surface area contributed by atoms with Gasteiger partial charge in [-0.25, -0.2) is 4.98 Å². The van der Waals surface area contributed by atoms with Gasteiger partial charge in [0.05, 0.1) is 31.1 Å². The third kappa shape index (κ3) is 2.82. The number of hydrogen-bond donors (Lipinski definition) is 1. The third-order valence-corrected chi connectivity index (χ3v) is 5.15. The van der Waals surface area contributed by atoms with Crippen LogP contribution in [-0.2, 0) is 11.8 Å². The maximum absolute atomic E-state index is 5.61. The Morgan fingerprint density at radius 3 is 2.93 bits per heavy atom. The Bertz CT molecular complexity index is 1120. The summed E-state index contributed by atoms with van der Waals surface area (Å²) in [6, 6.07) is 6.33. The summed E-state index contributed by atoms with van der Waals surface area (Å²) in [7, 11) is 1.93. The molecule has 1 aliphatic heterocycles. The average molecular weight is 375 g/mol. The fourth-order valence-corrected chi connectivity index (χ4v) is 3.74. The molecule has 0 unspecified atom stereocenters. The van der Waals surface area contributed by atoms with Gasteiger partial charge in [-0.3, -0.25) is 14.8 Å². The van der Waals surface area contributed by atoms with Crippen LogP contribution < -0.4 is 4.90 Å². The fraction of sp³-hybridized carbons (Fsp3) is 0.300. The first kappa shape index (κ1) is 16.9. The van der Waals surface area contributed by atoms with Gasteiger partial charge in [-0.05, 0) is 30.7 Å². The number of hydrogen-bond acceptors (Lipinski definition) is 6. The molecular weight excluding hydrogens is 354 g/mol. The van der Waals surface area contributed by atoms with Gasteiger partial charge in [-0.1, -0.05) is 0 Å². The van der Waals surface area contributed by atoms with E-state index in [1.54, 1.807) is 6.20 Å². The highest BCUT2D eigenvalue weighted by Crippen LogP contribution is 2.35. The van der Waals surface area contributed by atoms with Crippen molar-refractivity contribution in [1.82, 2.24) is 29.9 Å². The monoisotopic (exact) mass is 375 g/mol. The number of aromatic amines is 1. The Kier molecular flexibility index (Phi) is 4.05. The van der Waals surface area contributed by atoms with E-state index in [0.29, 0.717) is 13.2 Å². The molecule has 0 bridgehead atoms. The van der Waals surface area contributed by atoms with Crippen LogP contribution in [0.2, 0.25) is 0 Å².